The molecule has 1 unspecified atom stereocenters. The van der Waals surface area contributed by atoms with Gasteiger partial charge in [0.05, 0.1) is 0 Å². The molecule has 4 N–H and O–H groups in total. The van der Waals surface area contributed by atoms with E-state index in [2.05, 4.69) is 28.3 Å². The highest BCUT2D eigenvalue weighted by molar-refractivity contribution is 7.81. The molecule has 1 aromatic heterocycles. The maximum atomic E-state index is 12.8. The summed E-state index contributed by atoms with van der Waals surface area (Å²) in [6, 6.07) is 16.0. The minimum atomic E-state index is -0.357. The van der Waals surface area contributed by atoms with Gasteiger partial charge in [-0.3, -0.25) is 9.78 Å². The van der Waals surface area contributed by atoms with Crippen molar-refractivity contribution in [2.45, 2.75) is 26.3 Å². The van der Waals surface area contributed by atoms with Gasteiger partial charge < -0.3 is 16.0 Å². The predicted octanol–water partition coefficient (Wildman–Crippen LogP) is 3.53. The van der Waals surface area contributed by atoms with Crippen LogP contribution in [0, 0.1) is 6.92 Å². The lowest BCUT2D eigenvalue weighted by molar-refractivity contribution is 0.738. The van der Waals surface area contributed by atoms with Gasteiger partial charge >= 0.3 is 0 Å². The second kappa shape index (κ2) is 7.09. The molecule has 1 aliphatic heterocycles. The van der Waals surface area contributed by atoms with Crippen molar-refractivity contribution in [3.05, 3.63) is 75.6 Å². The van der Waals surface area contributed by atoms with E-state index in [1.807, 2.05) is 54.3 Å². The number of hydrogen-bond acceptors (Lipinski definition) is 5. The third-order valence-electron chi connectivity index (χ3n) is 4.87. The van der Waals surface area contributed by atoms with E-state index in [1.165, 1.54) is 5.56 Å². The van der Waals surface area contributed by atoms with Crippen LogP contribution in [0.4, 0.5) is 23.1 Å². The van der Waals surface area contributed by atoms with Gasteiger partial charge in [0.2, 0.25) is 5.95 Å². The monoisotopic (exact) mass is 391 g/mol. The molecule has 0 saturated heterocycles. The number of nitrogens with zero attached hydrogens (tertiary/aromatic N) is 2. The Balaban J connectivity index is 1.68. The van der Waals surface area contributed by atoms with Crippen LogP contribution in [0.2, 0.25) is 0 Å². The van der Waals surface area contributed by atoms with Gasteiger partial charge in [-0.05, 0) is 49.6 Å². The van der Waals surface area contributed by atoms with Crippen LogP contribution in [-0.4, -0.2) is 21.0 Å². The molecule has 7 heteroatoms. The first-order valence-electron chi connectivity index (χ1n) is 9.09. The number of nitrogen functional groups attached to an aromatic ring is 1. The van der Waals surface area contributed by atoms with Crippen LogP contribution in [0.25, 0.3) is 0 Å². The van der Waals surface area contributed by atoms with E-state index in [0.717, 1.165) is 23.4 Å². The number of aromatic nitrogens is 2. The van der Waals surface area contributed by atoms with E-state index in [1.54, 1.807) is 0 Å². The van der Waals surface area contributed by atoms with Crippen molar-refractivity contribution < 1.29 is 0 Å². The molecule has 1 aliphatic rings. The molecule has 2 heterocycles. The summed E-state index contributed by atoms with van der Waals surface area (Å²) in [5.41, 5.74) is 10.1. The number of rotatable bonds is 3. The van der Waals surface area contributed by atoms with Crippen molar-refractivity contribution in [1.82, 2.24) is 9.97 Å². The summed E-state index contributed by atoms with van der Waals surface area (Å²) in [5, 5.41) is 3.07. The van der Waals surface area contributed by atoms with E-state index >= 15 is 0 Å². The largest absolute Gasteiger partial charge is 0.383 e. The van der Waals surface area contributed by atoms with Gasteiger partial charge in [-0.25, -0.2) is 0 Å². The Bertz CT molecular complexity index is 1120. The van der Waals surface area contributed by atoms with Gasteiger partial charge in [-0.1, -0.05) is 42.5 Å². The normalized spacial score (nSPS) is 15.4. The molecule has 0 bridgehead atoms. The second-order valence-electron chi connectivity index (χ2n) is 7.03. The summed E-state index contributed by atoms with van der Waals surface area (Å²) in [5.74, 6) is 0.544. The maximum absolute atomic E-state index is 12.8. The van der Waals surface area contributed by atoms with Crippen LogP contribution in [0.15, 0.2) is 53.3 Å². The molecule has 0 amide bonds. The van der Waals surface area contributed by atoms with Crippen molar-refractivity contribution in [3.63, 3.8) is 0 Å². The van der Waals surface area contributed by atoms with Crippen LogP contribution in [-0.2, 0) is 6.42 Å². The first-order chi connectivity index (χ1) is 13.4. The van der Waals surface area contributed by atoms with Gasteiger partial charge in [0.25, 0.3) is 5.56 Å². The van der Waals surface area contributed by atoms with E-state index in [0.29, 0.717) is 5.95 Å². The fraction of sp³-hybridized carbons (Fsp3) is 0.190. The van der Waals surface area contributed by atoms with Crippen molar-refractivity contribution >= 4 is 40.3 Å². The standard InChI is InChI=1S/C21H21N5OS/c1-12-6-5-8-15(10-12)23-20(28)17-18(22)24-21(25-19(17)27)26-13(2)11-14-7-3-4-9-16(14)26/h3-10,13H,11H2,1-2H3,(H,23,28)(H3,22,24,25,27). The average Bonchev–Trinajstić information content (AvgIpc) is 2.96. The summed E-state index contributed by atoms with van der Waals surface area (Å²) in [6.45, 7) is 4.08. The van der Waals surface area contributed by atoms with Crippen molar-refractivity contribution in [2.24, 2.45) is 0 Å². The van der Waals surface area contributed by atoms with Crippen molar-refractivity contribution in [3.8, 4) is 0 Å². The molecule has 0 spiro atoms. The molecule has 4 rings (SSSR count). The Labute approximate surface area is 168 Å². The highest BCUT2D eigenvalue weighted by Crippen LogP contribution is 2.36. The van der Waals surface area contributed by atoms with Gasteiger partial charge in [0.15, 0.2) is 0 Å². The number of para-hydroxylation sites is 1. The predicted molar refractivity (Wildman–Crippen MR) is 118 cm³/mol. The molecular formula is C21H21N5OS. The quantitative estimate of drug-likeness (QED) is 0.592. The number of thiocarbonyl (C=S) groups is 1. The number of anilines is 4. The minimum absolute atomic E-state index is 0.112. The van der Waals surface area contributed by atoms with E-state index in [4.69, 9.17) is 18.0 Å². The van der Waals surface area contributed by atoms with E-state index in [9.17, 15) is 4.79 Å². The fourth-order valence-electron chi connectivity index (χ4n) is 3.62. The highest BCUT2D eigenvalue weighted by atomic mass is 32.1. The number of fused-ring (bicyclic) bond motifs is 1. The Hall–Kier alpha value is -3.19. The second-order valence-corrected chi connectivity index (χ2v) is 7.43. The summed E-state index contributed by atoms with van der Waals surface area (Å²) in [7, 11) is 0. The molecule has 1 atom stereocenters. The number of aryl methyl sites for hydroxylation is 1. The Kier molecular flexibility index (Phi) is 4.60. The zero-order valence-electron chi connectivity index (χ0n) is 15.7. The molecule has 142 valence electrons. The molecule has 0 saturated carbocycles. The lowest BCUT2D eigenvalue weighted by atomic mass is 10.1. The lowest BCUT2D eigenvalue weighted by Crippen LogP contribution is -2.31. The smallest absolute Gasteiger partial charge is 0.264 e. The van der Waals surface area contributed by atoms with Crippen LogP contribution in [0.5, 0.6) is 0 Å². The molecular weight excluding hydrogens is 370 g/mol. The van der Waals surface area contributed by atoms with Gasteiger partial charge in [-0.15, -0.1) is 0 Å². The number of nitrogens with one attached hydrogen (secondary N) is 2. The number of nitrogens with two attached hydrogens (primary N) is 1. The highest BCUT2D eigenvalue weighted by Gasteiger charge is 2.29. The first kappa shape index (κ1) is 18.2. The summed E-state index contributed by atoms with van der Waals surface area (Å²) >= 11 is 5.42. The lowest BCUT2D eigenvalue weighted by Gasteiger charge is -2.23. The number of hydrogen-bond donors (Lipinski definition) is 3. The molecule has 3 aromatic rings. The van der Waals surface area contributed by atoms with Crippen LogP contribution >= 0.6 is 12.2 Å². The molecule has 2 aromatic carbocycles. The summed E-state index contributed by atoms with van der Waals surface area (Å²) in [6.07, 6.45) is 0.884. The van der Waals surface area contributed by atoms with Crippen molar-refractivity contribution in [2.75, 3.05) is 16.0 Å². The molecule has 6 nitrogen and oxygen atoms in total. The molecule has 28 heavy (non-hydrogen) atoms. The van der Waals surface area contributed by atoms with E-state index < -0.39 is 0 Å². The first-order valence-corrected chi connectivity index (χ1v) is 9.50. The number of aromatic amines is 1. The number of benzene rings is 2. The van der Waals surface area contributed by atoms with Gasteiger partial charge in [-0.2, -0.15) is 4.98 Å². The average molecular weight is 392 g/mol. The van der Waals surface area contributed by atoms with Crippen LogP contribution in [0.3, 0.4) is 0 Å². The molecule has 0 fully saturated rings. The van der Waals surface area contributed by atoms with Crippen molar-refractivity contribution in [1.29, 1.82) is 0 Å². The van der Waals surface area contributed by atoms with Crippen LogP contribution < -0.4 is 21.5 Å². The summed E-state index contributed by atoms with van der Waals surface area (Å²) in [4.78, 5) is 22.4. The van der Waals surface area contributed by atoms with Gasteiger partial charge in [0, 0.05) is 17.4 Å². The summed E-state index contributed by atoms with van der Waals surface area (Å²) < 4.78 is 0. The fourth-order valence-corrected chi connectivity index (χ4v) is 3.93. The SMILES string of the molecule is Cc1cccc(NC(=S)c2c(N)nc(N3c4ccccc4CC3C)[nH]c2=O)c1. The zero-order valence-corrected chi connectivity index (χ0v) is 16.5. The third kappa shape index (κ3) is 3.25. The van der Waals surface area contributed by atoms with E-state index in [-0.39, 0.29) is 28.0 Å². The topological polar surface area (TPSA) is 87.0 Å². The zero-order chi connectivity index (χ0) is 19.8. The number of H-pyrrole nitrogens is 1. The van der Waals surface area contributed by atoms with Crippen LogP contribution in [0.1, 0.15) is 23.6 Å². The molecule has 0 aliphatic carbocycles. The Morgan fingerprint density at radius 2 is 2.07 bits per heavy atom. The maximum Gasteiger partial charge on any atom is 0.264 e. The Morgan fingerprint density at radius 3 is 2.82 bits per heavy atom. The molecule has 0 radical (unpaired) electrons. The Morgan fingerprint density at radius 1 is 1.29 bits per heavy atom. The minimum Gasteiger partial charge on any atom is -0.383 e. The van der Waals surface area contributed by atoms with Gasteiger partial charge in [0.1, 0.15) is 16.4 Å². The third-order valence-corrected chi connectivity index (χ3v) is 5.18.